The average molecular weight is 316 g/mol. The van der Waals surface area contributed by atoms with Crippen molar-refractivity contribution < 1.29 is 0 Å². The molecule has 1 aliphatic rings. The first-order valence-corrected chi connectivity index (χ1v) is 8.93. The van der Waals surface area contributed by atoms with E-state index in [0.717, 1.165) is 45.1 Å². The third kappa shape index (κ3) is 5.54. The number of guanidine groups is 1. The topological polar surface area (TPSA) is 39.7 Å². The quantitative estimate of drug-likeness (QED) is 0.626. The molecule has 1 aromatic carbocycles. The van der Waals surface area contributed by atoms with E-state index in [-0.39, 0.29) is 0 Å². The van der Waals surface area contributed by atoms with Crippen molar-refractivity contribution in [3.63, 3.8) is 0 Å². The van der Waals surface area contributed by atoms with Gasteiger partial charge in [-0.3, -0.25) is 9.89 Å². The Balaban J connectivity index is 1.86. The van der Waals surface area contributed by atoms with Gasteiger partial charge in [-0.2, -0.15) is 0 Å². The smallest absolute Gasteiger partial charge is 0.191 e. The zero-order valence-electron chi connectivity index (χ0n) is 15.1. The fourth-order valence-electron chi connectivity index (χ4n) is 2.88. The van der Waals surface area contributed by atoms with E-state index in [4.69, 9.17) is 0 Å². The summed E-state index contributed by atoms with van der Waals surface area (Å²) in [6.07, 6.45) is 1.15. The van der Waals surface area contributed by atoms with Crippen molar-refractivity contribution in [3.05, 3.63) is 35.4 Å². The highest BCUT2D eigenvalue weighted by Crippen LogP contribution is 2.19. The second-order valence-electron chi connectivity index (χ2n) is 6.83. The molecule has 0 amide bonds. The molecule has 1 aromatic rings. The van der Waals surface area contributed by atoms with E-state index in [1.165, 1.54) is 11.1 Å². The minimum absolute atomic E-state index is 0.492. The molecule has 0 spiro atoms. The van der Waals surface area contributed by atoms with Crippen LogP contribution in [0.4, 0.5) is 0 Å². The van der Waals surface area contributed by atoms with Gasteiger partial charge in [0.1, 0.15) is 0 Å². The third-order valence-electron chi connectivity index (χ3n) is 4.31. The zero-order chi connectivity index (χ0) is 16.7. The van der Waals surface area contributed by atoms with Gasteiger partial charge < -0.3 is 10.6 Å². The van der Waals surface area contributed by atoms with Crippen LogP contribution in [-0.4, -0.2) is 43.1 Å². The lowest BCUT2D eigenvalue weighted by Gasteiger charge is -2.34. The van der Waals surface area contributed by atoms with Crippen LogP contribution in [0.25, 0.3) is 0 Å². The molecule has 0 fully saturated rings. The van der Waals surface area contributed by atoms with Crippen LogP contribution in [0, 0.1) is 5.92 Å². The molecule has 128 valence electrons. The van der Waals surface area contributed by atoms with Crippen LogP contribution in [-0.2, 0) is 13.0 Å². The van der Waals surface area contributed by atoms with Gasteiger partial charge in [-0.1, -0.05) is 38.1 Å². The molecule has 1 aliphatic heterocycles. The Morgan fingerprint density at radius 2 is 1.91 bits per heavy atom. The second kappa shape index (κ2) is 8.92. The highest BCUT2D eigenvalue weighted by molar-refractivity contribution is 5.79. The largest absolute Gasteiger partial charge is 0.357 e. The molecule has 1 atom stereocenters. The third-order valence-corrected chi connectivity index (χ3v) is 4.31. The van der Waals surface area contributed by atoms with Crippen molar-refractivity contribution in [3.8, 4) is 0 Å². The monoisotopic (exact) mass is 316 g/mol. The zero-order valence-corrected chi connectivity index (χ0v) is 15.1. The number of benzene rings is 1. The average Bonchev–Trinajstić information content (AvgIpc) is 2.56. The molecule has 0 radical (unpaired) electrons. The van der Waals surface area contributed by atoms with E-state index >= 15 is 0 Å². The normalized spacial score (nSPS) is 17.0. The number of hydrogen-bond acceptors (Lipinski definition) is 2. The lowest BCUT2D eigenvalue weighted by Crippen LogP contribution is -2.47. The van der Waals surface area contributed by atoms with Gasteiger partial charge in [0, 0.05) is 38.8 Å². The first kappa shape index (κ1) is 17.8. The number of fused-ring (bicyclic) bond motifs is 1. The van der Waals surface area contributed by atoms with Gasteiger partial charge >= 0.3 is 0 Å². The van der Waals surface area contributed by atoms with Crippen LogP contribution in [0.1, 0.15) is 38.8 Å². The molecular weight excluding hydrogens is 284 g/mol. The molecule has 0 saturated carbocycles. The molecule has 1 unspecified atom stereocenters. The SMILES string of the molecule is CCNC(=NCC(C)C)NCC(C)N1CCc2ccccc2C1. The number of nitrogens with one attached hydrogen (secondary N) is 2. The van der Waals surface area contributed by atoms with E-state index < -0.39 is 0 Å². The second-order valence-corrected chi connectivity index (χ2v) is 6.83. The molecule has 0 saturated heterocycles. The van der Waals surface area contributed by atoms with Crippen LogP contribution < -0.4 is 10.6 Å². The predicted octanol–water partition coefficient (Wildman–Crippen LogP) is 2.64. The van der Waals surface area contributed by atoms with Gasteiger partial charge in [-0.05, 0) is 37.3 Å². The Morgan fingerprint density at radius 1 is 1.17 bits per heavy atom. The van der Waals surface area contributed by atoms with Gasteiger partial charge in [-0.15, -0.1) is 0 Å². The van der Waals surface area contributed by atoms with E-state index in [1.807, 2.05) is 0 Å². The van der Waals surface area contributed by atoms with Crippen molar-refractivity contribution in [1.82, 2.24) is 15.5 Å². The molecule has 23 heavy (non-hydrogen) atoms. The summed E-state index contributed by atoms with van der Waals surface area (Å²) in [6, 6.07) is 9.31. The lowest BCUT2D eigenvalue weighted by molar-refractivity contribution is 0.191. The molecule has 0 bridgehead atoms. The van der Waals surface area contributed by atoms with Crippen molar-refractivity contribution in [2.75, 3.05) is 26.2 Å². The lowest BCUT2D eigenvalue weighted by atomic mass is 9.99. The van der Waals surface area contributed by atoms with Crippen LogP contribution in [0.3, 0.4) is 0 Å². The van der Waals surface area contributed by atoms with E-state index in [0.29, 0.717) is 12.0 Å². The highest BCUT2D eigenvalue weighted by Gasteiger charge is 2.20. The predicted molar refractivity (Wildman–Crippen MR) is 98.8 cm³/mol. The van der Waals surface area contributed by atoms with Crippen molar-refractivity contribution in [1.29, 1.82) is 0 Å². The van der Waals surface area contributed by atoms with Crippen LogP contribution in [0.15, 0.2) is 29.3 Å². The standard InChI is InChI=1S/C19H32N4/c1-5-20-19(21-12-15(2)3)22-13-16(4)23-11-10-17-8-6-7-9-18(17)14-23/h6-9,15-16H,5,10-14H2,1-4H3,(H2,20,21,22). The van der Waals surface area contributed by atoms with E-state index in [9.17, 15) is 0 Å². The van der Waals surface area contributed by atoms with Gasteiger partial charge in [0.05, 0.1) is 0 Å². The summed E-state index contributed by atoms with van der Waals surface area (Å²) in [7, 11) is 0. The van der Waals surface area contributed by atoms with Gasteiger partial charge in [0.25, 0.3) is 0 Å². The van der Waals surface area contributed by atoms with Gasteiger partial charge in [-0.25, -0.2) is 0 Å². The summed E-state index contributed by atoms with van der Waals surface area (Å²) >= 11 is 0. The van der Waals surface area contributed by atoms with Crippen molar-refractivity contribution in [2.24, 2.45) is 10.9 Å². The molecule has 0 aromatic heterocycles. The molecule has 1 heterocycles. The van der Waals surface area contributed by atoms with E-state index in [1.54, 1.807) is 0 Å². The minimum Gasteiger partial charge on any atom is -0.357 e. The Morgan fingerprint density at radius 3 is 2.61 bits per heavy atom. The Bertz CT molecular complexity index is 510. The van der Waals surface area contributed by atoms with Crippen LogP contribution >= 0.6 is 0 Å². The van der Waals surface area contributed by atoms with Crippen molar-refractivity contribution >= 4 is 5.96 Å². The van der Waals surface area contributed by atoms with Gasteiger partial charge in [0.2, 0.25) is 0 Å². The van der Waals surface area contributed by atoms with Crippen LogP contribution in [0.5, 0.6) is 0 Å². The molecular formula is C19H32N4. The number of aliphatic imine (C=N–C) groups is 1. The molecule has 4 nitrogen and oxygen atoms in total. The number of rotatable bonds is 6. The number of nitrogens with zero attached hydrogens (tertiary/aromatic N) is 2. The fourth-order valence-corrected chi connectivity index (χ4v) is 2.88. The molecule has 0 aliphatic carbocycles. The maximum Gasteiger partial charge on any atom is 0.191 e. The summed E-state index contributed by atoms with van der Waals surface area (Å²) in [4.78, 5) is 7.20. The number of hydrogen-bond donors (Lipinski definition) is 2. The minimum atomic E-state index is 0.492. The fraction of sp³-hybridized carbons (Fsp3) is 0.632. The maximum absolute atomic E-state index is 4.64. The van der Waals surface area contributed by atoms with Gasteiger partial charge in [0.15, 0.2) is 5.96 Å². The molecule has 4 heteroatoms. The first-order chi connectivity index (χ1) is 11.1. The summed E-state index contributed by atoms with van der Waals surface area (Å²) < 4.78 is 0. The first-order valence-electron chi connectivity index (χ1n) is 8.93. The summed E-state index contributed by atoms with van der Waals surface area (Å²) in [5.74, 6) is 1.52. The molecule has 2 rings (SSSR count). The highest BCUT2D eigenvalue weighted by atomic mass is 15.2. The van der Waals surface area contributed by atoms with Crippen molar-refractivity contribution in [2.45, 2.75) is 46.7 Å². The summed E-state index contributed by atoms with van der Waals surface area (Å²) in [6.45, 7) is 13.7. The Kier molecular flexibility index (Phi) is 6.90. The Hall–Kier alpha value is -1.55. The summed E-state index contributed by atoms with van der Waals surface area (Å²) in [5, 5.41) is 6.83. The maximum atomic E-state index is 4.64. The summed E-state index contributed by atoms with van der Waals surface area (Å²) in [5.41, 5.74) is 2.99. The Labute approximate surface area is 141 Å². The molecule has 2 N–H and O–H groups in total. The van der Waals surface area contributed by atoms with E-state index in [2.05, 4.69) is 72.5 Å². The van der Waals surface area contributed by atoms with Crippen LogP contribution in [0.2, 0.25) is 0 Å².